The predicted octanol–water partition coefficient (Wildman–Crippen LogP) is 2.05. The Bertz CT molecular complexity index is 957. The minimum atomic E-state index is -0.730. The van der Waals surface area contributed by atoms with Crippen molar-refractivity contribution in [1.82, 2.24) is 24.6 Å². The summed E-state index contributed by atoms with van der Waals surface area (Å²) >= 11 is 0. The first kappa shape index (κ1) is 15.3. The van der Waals surface area contributed by atoms with Crippen LogP contribution in [0, 0.1) is 11.6 Å². The maximum absolute atomic E-state index is 14.2. The van der Waals surface area contributed by atoms with Crippen molar-refractivity contribution < 1.29 is 13.6 Å². The van der Waals surface area contributed by atoms with E-state index >= 15 is 0 Å². The molecule has 2 aromatic heterocycles. The molecule has 0 unspecified atom stereocenters. The number of anilines is 2. The van der Waals surface area contributed by atoms with Crippen molar-refractivity contribution in [1.29, 1.82) is 0 Å². The fourth-order valence-corrected chi connectivity index (χ4v) is 2.88. The van der Waals surface area contributed by atoms with Gasteiger partial charge in [0.2, 0.25) is 0 Å². The van der Waals surface area contributed by atoms with E-state index in [0.29, 0.717) is 18.8 Å². The number of rotatable bonds is 3. The first-order valence-electron chi connectivity index (χ1n) is 7.63. The smallest absolute Gasteiger partial charge is 0.271 e. The fraction of sp³-hybridized carbons (Fsp3) is 0.188. The lowest BCUT2D eigenvalue weighted by molar-refractivity contribution is 0.0929. The number of hydrogen-bond acceptors (Lipinski definition) is 4. The zero-order valence-electron chi connectivity index (χ0n) is 13.3. The molecule has 2 N–H and O–H groups in total. The topological polar surface area (TPSA) is 76.8 Å². The molecule has 4 rings (SSSR count). The van der Waals surface area contributed by atoms with Crippen molar-refractivity contribution in [3.8, 4) is 11.4 Å². The van der Waals surface area contributed by atoms with E-state index in [-0.39, 0.29) is 28.8 Å². The molecule has 7 nitrogen and oxygen atoms in total. The largest absolute Gasteiger partial charge is 0.349 e. The monoisotopic (exact) mass is 344 g/mol. The highest BCUT2D eigenvalue weighted by molar-refractivity contribution is 5.99. The maximum atomic E-state index is 14.2. The Morgan fingerprint density at radius 1 is 1.28 bits per heavy atom. The van der Waals surface area contributed by atoms with Gasteiger partial charge in [-0.3, -0.25) is 9.48 Å². The van der Waals surface area contributed by atoms with Crippen LogP contribution in [0.5, 0.6) is 0 Å². The summed E-state index contributed by atoms with van der Waals surface area (Å²) in [4.78, 5) is 16.6. The van der Waals surface area contributed by atoms with E-state index in [1.165, 1.54) is 10.6 Å². The Kier molecular flexibility index (Phi) is 3.48. The van der Waals surface area contributed by atoms with Crippen molar-refractivity contribution >= 4 is 17.4 Å². The second-order valence-corrected chi connectivity index (χ2v) is 5.66. The normalized spacial score (nSPS) is 13.5. The fourth-order valence-electron chi connectivity index (χ4n) is 2.88. The average Bonchev–Trinajstić information content (AvgIpc) is 3.13. The average molecular weight is 344 g/mol. The van der Waals surface area contributed by atoms with Crippen LogP contribution in [0.4, 0.5) is 20.3 Å². The number of halogens is 2. The number of aryl methyl sites for hydroxylation is 1. The van der Waals surface area contributed by atoms with Crippen molar-refractivity contribution in [3.05, 3.63) is 47.9 Å². The maximum Gasteiger partial charge on any atom is 0.271 e. The second-order valence-electron chi connectivity index (χ2n) is 5.66. The lowest BCUT2D eigenvalue weighted by Gasteiger charge is -2.18. The number of nitrogens with zero attached hydrogens (tertiary/aromatic N) is 4. The Morgan fingerprint density at radius 3 is 2.72 bits per heavy atom. The summed E-state index contributed by atoms with van der Waals surface area (Å²) in [5, 5.41) is 9.74. The van der Waals surface area contributed by atoms with Crippen LogP contribution < -0.4 is 10.6 Å². The third-order valence-corrected chi connectivity index (χ3v) is 3.96. The predicted molar refractivity (Wildman–Crippen MR) is 86.4 cm³/mol. The van der Waals surface area contributed by atoms with Gasteiger partial charge in [-0.2, -0.15) is 5.10 Å². The summed E-state index contributed by atoms with van der Waals surface area (Å²) in [7, 11) is 1.75. The molecule has 0 radical (unpaired) electrons. The van der Waals surface area contributed by atoms with Crippen LogP contribution in [0.25, 0.3) is 11.4 Å². The van der Waals surface area contributed by atoms with Crippen LogP contribution in [0.3, 0.4) is 0 Å². The summed E-state index contributed by atoms with van der Waals surface area (Å²) in [6.45, 7) is 0.726. The Labute approximate surface area is 141 Å². The van der Waals surface area contributed by atoms with Crippen molar-refractivity contribution in [2.75, 3.05) is 11.9 Å². The molecular weight excluding hydrogens is 330 g/mol. The zero-order valence-corrected chi connectivity index (χ0v) is 13.3. The third kappa shape index (κ3) is 2.53. The van der Waals surface area contributed by atoms with Crippen LogP contribution in [-0.4, -0.2) is 31.8 Å². The number of amides is 1. The molecule has 25 heavy (non-hydrogen) atoms. The molecule has 1 amide bonds. The highest BCUT2D eigenvalue weighted by Gasteiger charge is 2.29. The number of nitrogens with one attached hydrogen (secondary N) is 2. The first-order chi connectivity index (χ1) is 12.0. The quantitative estimate of drug-likeness (QED) is 0.762. The number of fused-ring (bicyclic) bond motifs is 1. The molecule has 3 aromatic rings. The highest BCUT2D eigenvalue weighted by atomic mass is 19.1. The Balaban J connectivity index is 1.89. The van der Waals surface area contributed by atoms with E-state index in [1.54, 1.807) is 24.1 Å². The molecular formula is C16H14F2N6O. The molecule has 3 heterocycles. The molecule has 0 fully saturated rings. The van der Waals surface area contributed by atoms with Crippen molar-refractivity contribution in [2.45, 2.75) is 6.54 Å². The standard InChI is InChI=1S/C16H14F2N6O/c1-23-8-9(7-20-23)21-14-13-16(25)19-5-6-24(13)15(22-14)12-10(17)3-2-4-11(12)18/h2-4,7-8,21H,5-6H2,1H3,(H,19,25). The number of carbonyl (C=O) groups excluding carboxylic acids is 1. The van der Waals surface area contributed by atoms with Gasteiger partial charge in [0.15, 0.2) is 11.5 Å². The van der Waals surface area contributed by atoms with Gasteiger partial charge in [0.1, 0.15) is 17.5 Å². The molecule has 1 aliphatic rings. The van der Waals surface area contributed by atoms with Gasteiger partial charge in [0.25, 0.3) is 5.91 Å². The van der Waals surface area contributed by atoms with E-state index in [4.69, 9.17) is 0 Å². The number of aromatic nitrogens is 4. The Morgan fingerprint density at radius 2 is 2.04 bits per heavy atom. The molecule has 0 aliphatic carbocycles. The summed E-state index contributed by atoms with van der Waals surface area (Å²) in [5.74, 6) is -1.51. The van der Waals surface area contributed by atoms with Gasteiger partial charge in [0, 0.05) is 26.3 Å². The summed E-state index contributed by atoms with van der Waals surface area (Å²) < 4.78 is 31.5. The Hall–Kier alpha value is -3.23. The number of hydrogen-bond donors (Lipinski definition) is 2. The van der Waals surface area contributed by atoms with Gasteiger partial charge in [-0.25, -0.2) is 13.8 Å². The van der Waals surface area contributed by atoms with E-state index < -0.39 is 11.6 Å². The molecule has 9 heteroatoms. The van der Waals surface area contributed by atoms with Crippen molar-refractivity contribution in [3.63, 3.8) is 0 Å². The molecule has 1 aliphatic heterocycles. The second kappa shape index (κ2) is 5.69. The lowest BCUT2D eigenvalue weighted by Crippen LogP contribution is -2.35. The number of benzene rings is 1. The summed E-state index contributed by atoms with van der Waals surface area (Å²) in [6.07, 6.45) is 3.27. The van der Waals surface area contributed by atoms with E-state index in [9.17, 15) is 13.6 Å². The minimum absolute atomic E-state index is 0.0758. The van der Waals surface area contributed by atoms with E-state index in [0.717, 1.165) is 12.1 Å². The number of imidazole rings is 1. The van der Waals surface area contributed by atoms with Crippen LogP contribution in [0.15, 0.2) is 30.6 Å². The van der Waals surface area contributed by atoms with Crippen LogP contribution in [0.1, 0.15) is 10.5 Å². The number of carbonyl (C=O) groups is 1. The molecule has 0 saturated carbocycles. The molecule has 0 bridgehead atoms. The summed E-state index contributed by atoms with van der Waals surface area (Å²) in [5.41, 5.74) is 0.591. The van der Waals surface area contributed by atoms with Gasteiger partial charge < -0.3 is 15.2 Å². The van der Waals surface area contributed by atoms with E-state index in [1.807, 2.05) is 0 Å². The van der Waals surface area contributed by atoms with Crippen LogP contribution in [0.2, 0.25) is 0 Å². The summed E-state index contributed by atoms with van der Waals surface area (Å²) in [6, 6.07) is 3.62. The molecule has 128 valence electrons. The van der Waals surface area contributed by atoms with E-state index in [2.05, 4.69) is 20.7 Å². The van der Waals surface area contributed by atoms with Gasteiger partial charge in [-0.1, -0.05) is 6.07 Å². The van der Waals surface area contributed by atoms with Gasteiger partial charge >= 0.3 is 0 Å². The third-order valence-electron chi connectivity index (χ3n) is 3.96. The van der Waals surface area contributed by atoms with Crippen molar-refractivity contribution in [2.24, 2.45) is 7.05 Å². The minimum Gasteiger partial charge on any atom is -0.349 e. The van der Waals surface area contributed by atoms with Gasteiger partial charge in [0.05, 0.1) is 17.4 Å². The van der Waals surface area contributed by atoms with Crippen LogP contribution in [-0.2, 0) is 13.6 Å². The molecule has 0 saturated heterocycles. The van der Waals surface area contributed by atoms with Gasteiger partial charge in [-0.05, 0) is 12.1 Å². The zero-order chi connectivity index (χ0) is 17.6. The molecule has 1 aromatic carbocycles. The highest BCUT2D eigenvalue weighted by Crippen LogP contribution is 2.32. The molecule has 0 atom stereocenters. The van der Waals surface area contributed by atoms with Gasteiger partial charge in [-0.15, -0.1) is 0 Å². The van der Waals surface area contributed by atoms with Crippen LogP contribution >= 0.6 is 0 Å². The molecule has 0 spiro atoms. The lowest BCUT2D eigenvalue weighted by atomic mass is 10.2. The first-order valence-corrected chi connectivity index (χ1v) is 7.63. The SMILES string of the molecule is Cn1cc(Nc2nc(-c3c(F)cccc3F)n3c2C(=O)NCC3)cn1.